The van der Waals surface area contributed by atoms with Crippen molar-refractivity contribution in [2.45, 2.75) is 26.7 Å². The molecule has 4 aromatic carbocycles. The molecule has 6 N–H and O–H groups in total. The maximum absolute atomic E-state index is 15.4. The molecule has 0 saturated carbocycles. The molecule has 0 aliphatic carbocycles. The van der Waals surface area contributed by atoms with Crippen molar-refractivity contribution in [3.8, 4) is 33.8 Å². The van der Waals surface area contributed by atoms with Crippen molar-refractivity contribution in [3.05, 3.63) is 131 Å². The molecule has 0 spiro atoms. The van der Waals surface area contributed by atoms with Gasteiger partial charge in [0.1, 0.15) is 33.2 Å². The number of nitrogens with zero attached hydrogens (tertiary/aromatic N) is 10. The number of hydrogen-bond donors (Lipinski definition) is 6. The number of carbonyl (C=O) groups is 2. The Balaban J connectivity index is 0.000000190. The van der Waals surface area contributed by atoms with E-state index in [0.717, 1.165) is 73.3 Å². The zero-order chi connectivity index (χ0) is 55.0. The van der Waals surface area contributed by atoms with E-state index < -0.39 is 23.4 Å². The summed E-state index contributed by atoms with van der Waals surface area (Å²) >= 11 is 12.8. The number of anilines is 10. The lowest BCUT2D eigenvalue weighted by Gasteiger charge is -2.22. The van der Waals surface area contributed by atoms with Gasteiger partial charge in [-0.2, -0.15) is 20.2 Å². The Kier molecular flexibility index (Phi) is 16.7. The quantitative estimate of drug-likeness (QED) is 0.0597. The van der Waals surface area contributed by atoms with Crippen molar-refractivity contribution in [3.63, 3.8) is 0 Å². The second-order valence-electron chi connectivity index (χ2n) is 17.9. The summed E-state index contributed by atoms with van der Waals surface area (Å²) in [6.07, 6.45) is 11.4. The molecule has 78 heavy (non-hydrogen) atoms. The molecule has 0 unspecified atom stereocenters. The first-order valence-electron chi connectivity index (χ1n) is 25.0. The summed E-state index contributed by atoms with van der Waals surface area (Å²) < 4.78 is 45.8. The van der Waals surface area contributed by atoms with E-state index in [-0.39, 0.29) is 56.1 Å². The van der Waals surface area contributed by atoms with Gasteiger partial charge in [0.2, 0.25) is 11.9 Å². The van der Waals surface area contributed by atoms with Crippen LogP contribution in [0.3, 0.4) is 0 Å². The van der Waals surface area contributed by atoms with E-state index in [2.05, 4.69) is 85.7 Å². The van der Waals surface area contributed by atoms with Crippen LogP contribution in [-0.4, -0.2) is 105 Å². The van der Waals surface area contributed by atoms with E-state index in [9.17, 15) is 9.59 Å². The number of fused-ring (bicyclic) bond motifs is 2. The van der Waals surface area contributed by atoms with Gasteiger partial charge in [0, 0.05) is 89.3 Å². The third-order valence-electron chi connectivity index (χ3n) is 12.7. The van der Waals surface area contributed by atoms with Crippen LogP contribution in [-0.2, 0) is 14.1 Å². The van der Waals surface area contributed by atoms with Gasteiger partial charge in [0.05, 0.1) is 71.9 Å². The maximum atomic E-state index is 15.4. The van der Waals surface area contributed by atoms with Crippen LogP contribution >= 0.6 is 23.2 Å². The largest absolute Gasteiger partial charge is 0.491 e. The zero-order valence-corrected chi connectivity index (χ0v) is 45.0. The third-order valence-corrected chi connectivity index (χ3v) is 13.3. The van der Waals surface area contributed by atoms with Gasteiger partial charge in [-0.25, -0.2) is 18.7 Å². The summed E-state index contributed by atoms with van der Waals surface area (Å²) in [5.41, 5.74) is 5.90. The second kappa shape index (κ2) is 24.1. The van der Waals surface area contributed by atoms with Gasteiger partial charge in [-0.1, -0.05) is 23.2 Å². The highest BCUT2D eigenvalue weighted by molar-refractivity contribution is 6.33. The number of amides is 2. The molecular weight excluding hydrogens is 1050 g/mol. The monoisotopic (exact) mass is 1100 g/mol. The van der Waals surface area contributed by atoms with Crippen molar-refractivity contribution in [1.29, 1.82) is 0 Å². The summed E-state index contributed by atoms with van der Waals surface area (Å²) in [4.78, 5) is 47.4. The van der Waals surface area contributed by atoms with Crippen LogP contribution in [0.1, 0.15) is 47.4 Å². The van der Waals surface area contributed by atoms with Gasteiger partial charge in [0.15, 0.2) is 11.6 Å². The van der Waals surface area contributed by atoms with E-state index in [1.54, 1.807) is 60.4 Å². The number of aryl methyl sites for hydroxylation is 2. The van der Waals surface area contributed by atoms with Crippen molar-refractivity contribution >= 4 is 92.7 Å². The highest BCUT2D eigenvalue weighted by Crippen LogP contribution is 2.38. The van der Waals surface area contributed by atoms with Crippen molar-refractivity contribution in [2.75, 3.05) is 84.6 Å². The van der Waals surface area contributed by atoms with E-state index in [1.807, 2.05) is 36.4 Å². The molecule has 2 aliphatic heterocycles. The molecule has 20 nitrogen and oxygen atoms in total. The SMILES string of the molecule is CCN1CCCOc2ccc(Nc3ncc(Cl)c(Nc4c(F)cc(-c5cnn(C)c5)cc4C(=O)NC)n3)cc21.CCN1CCCOc2ccc(Nc3ncc(Cl)c(Nc4c(F)cc(-c5cnn(C)c5)cc4C(=O)NC)n3)cc21. The Morgan fingerprint density at radius 3 is 1.38 bits per heavy atom. The Morgan fingerprint density at radius 1 is 0.590 bits per heavy atom. The second-order valence-corrected chi connectivity index (χ2v) is 18.7. The van der Waals surface area contributed by atoms with Gasteiger partial charge in [0.25, 0.3) is 11.8 Å². The molecule has 10 rings (SSSR count). The first-order valence-corrected chi connectivity index (χ1v) is 25.7. The zero-order valence-electron chi connectivity index (χ0n) is 43.5. The molecule has 8 aromatic rings. The van der Waals surface area contributed by atoms with Crippen LogP contribution in [0.15, 0.2) is 97.8 Å². The normalized spacial score (nSPS) is 12.8. The summed E-state index contributed by atoms with van der Waals surface area (Å²) in [5, 5.41) is 25.9. The average molecular weight is 1100 g/mol. The minimum absolute atomic E-state index is 0.0608. The number of aromatic nitrogens is 8. The van der Waals surface area contributed by atoms with Crippen LogP contribution in [0, 0.1) is 11.6 Å². The predicted octanol–water partition coefficient (Wildman–Crippen LogP) is 10.3. The topological polar surface area (TPSA) is 218 Å². The van der Waals surface area contributed by atoms with Crippen LogP contribution < -0.4 is 51.2 Å². The number of rotatable bonds is 14. The highest BCUT2D eigenvalue weighted by atomic mass is 35.5. The fraction of sp³-hybridized carbons (Fsp3) is 0.259. The lowest BCUT2D eigenvalue weighted by atomic mass is 10.0. The average Bonchev–Trinajstić information content (AvgIpc) is 3.97. The molecule has 6 heterocycles. The number of carbonyl (C=O) groups excluding carboxylic acids is 2. The van der Waals surface area contributed by atoms with Gasteiger partial charge < -0.3 is 51.2 Å². The van der Waals surface area contributed by atoms with E-state index in [0.29, 0.717) is 35.5 Å². The fourth-order valence-corrected chi connectivity index (χ4v) is 9.07. The first kappa shape index (κ1) is 54.0. The standard InChI is InChI=1S/2C27H28ClFN8O2/c2*1-4-37-8-5-9-39-23-7-6-18(12-22(23)37)33-27-31-14-20(28)25(35-27)34-24-19(26(38)30-2)10-16(11-21(24)29)17-13-32-36(3)15-17/h2*6-7,10-15H,4-5,8-9H2,1-3H3,(H,30,38)(H2,31,33,34,35). The van der Waals surface area contributed by atoms with Gasteiger partial charge in [-0.05, 0) is 98.5 Å². The van der Waals surface area contributed by atoms with E-state index >= 15 is 8.78 Å². The molecular formula is C54H56Cl2F2N16O4. The first-order chi connectivity index (χ1) is 37.7. The predicted molar refractivity (Wildman–Crippen MR) is 300 cm³/mol. The summed E-state index contributed by atoms with van der Waals surface area (Å²) in [5.74, 6) is 0.172. The van der Waals surface area contributed by atoms with Gasteiger partial charge >= 0.3 is 0 Å². The number of nitrogens with one attached hydrogen (secondary N) is 6. The molecule has 0 fully saturated rings. The van der Waals surface area contributed by atoms with E-state index in [1.165, 1.54) is 38.6 Å². The molecule has 0 atom stereocenters. The van der Waals surface area contributed by atoms with Gasteiger partial charge in [-0.15, -0.1) is 0 Å². The van der Waals surface area contributed by atoms with Crippen molar-refractivity contribution < 1.29 is 27.8 Å². The Labute approximate surface area is 458 Å². The number of hydrogen-bond acceptors (Lipinski definition) is 16. The van der Waals surface area contributed by atoms with Crippen molar-refractivity contribution in [2.24, 2.45) is 14.1 Å². The van der Waals surface area contributed by atoms with Crippen molar-refractivity contribution in [1.82, 2.24) is 50.1 Å². The lowest BCUT2D eigenvalue weighted by Crippen LogP contribution is -2.23. The molecule has 2 amide bonds. The summed E-state index contributed by atoms with van der Waals surface area (Å²) in [6.45, 7) is 9.05. The molecule has 0 radical (unpaired) electrons. The summed E-state index contributed by atoms with van der Waals surface area (Å²) in [6, 6.07) is 17.4. The molecule has 24 heteroatoms. The van der Waals surface area contributed by atoms with Crippen LogP contribution in [0.2, 0.25) is 10.0 Å². The summed E-state index contributed by atoms with van der Waals surface area (Å²) in [7, 11) is 6.48. The van der Waals surface area contributed by atoms with E-state index in [4.69, 9.17) is 32.7 Å². The number of ether oxygens (including phenoxy) is 2. The molecule has 2 aliphatic rings. The minimum Gasteiger partial charge on any atom is -0.491 e. The highest BCUT2D eigenvalue weighted by Gasteiger charge is 2.23. The third kappa shape index (κ3) is 12.2. The smallest absolute Gasteiger partial charge is 0.253 e. The van der Waals surface area contributed by atoms with Crippen LogP contribution in [0.4, 0.5) is 66.4 Å². The number of benzene rings is 4. The molecule has 404 valence electrons. The van der Waals surface area contributed by atoms with Crippen LogP contribution in [0.25, 0.3) is 22.3 Å². The lowest BCUT2D eigenvalue weighted by molar-refractivity contribution is 0.0955. The Morgan fingerprint density at radius 2 is 1.01 bits per heavy atom. The minimum atomic E-state index is -0.649. The molecule has 0 saturated heterocycles. The maximum Gasteiger partial charge on any atom is 0.253 e. The Bertz CT molecular complexity index is 3280. The van der Waals surface area contributed by atoms with Crippen LogP contribution in [0.5, 0.6) is 11.5 Å². The van der Waals surface area contributed by atoms with Gasteiger partial charge in [-0.3, -0.25) is 19.0 Å². The molecule has 4 aromatic heterocycles. The molecule has 0 bridgehead atoms. The Hall–Kier alpha value is -8.76. The fourth-order valence-electron chi connectivity index (χ4n) is 8.80. The number of halogens is 4.